The van der Waals surface area contributed by atoms with Gasteiger partial charge in [0.15, 0.2) is 0 Å². The monoisotopic (exact) mass is 422 g/mol. The maximum Gasteiger partial charge on any atom is 0.276 e. The van der Waals surface area contributed by atoms with E-state index in [1.54, 1.807) is 36.0 Å². The average molecular weight is 423 g/mol. The number of fused-ring (bicyclic) bond motifs is 1. The van der Waals surface area contributed by atoms with Gasteiger partial charge in [-0.15, -0.1) is 11.8 Å². The van der Waals surface area contributed by atoms with Crippen LogP contribution in [-0.2, 0) is 22.2 Å². The Morgan fingerprint density at radius 1 is 0.966 bits per heavy atom. The molecule has 0 heterocycles. The van der Waals surface area contributed by atoms with Crippen LogP contribution in [0.4, 0.5) is 0 Å². The fourth-order valence-corrected chi connectivity index (χ4v) is 5.02. The molecule has 0 aromatic heterocycles. The van der Waals surface area contributed by atoms with Crippen molar-refractivity contribution in [2.75, 3.05) is 0 Å². The van der Waals surface area contributed by atoms with Crippen LogP contribution in [0.3, 0.4) is 0 Å². The number of nitrogens with zero attached hydrogens (tertiary/aromatic N) is 1. The topological polar surface area (TPSA) is 58.5 Å². The summed E-state index contributed by atoms with van der Waals surface area (Å²) in [7, 11) is -3.66. The number of benzene rings is 3. The zero-order chi connectivity index (χ0) is 20.3. The van der Waals surface area contributed by atoms with Gasteiger partial charge in [0.05, 0.1) is 10.6 Å². The second-order valence-corrected chi connectivity index (χ2v) is 9.77. The molecule has 1 aliphatic rings. The van der Waals surface area contributed by atoms with Gasteiger partial charge in [0.2, 0.25) is 0 Å². The summed E-state index contributed by atoms with van der Waals surface area (Å²) >= 11 is 1.81. The molecular formula is C23H22N2O2S2. The summed E-state index contributed by atoms with van der Waals surface area (Å²) in [4.78, 5) is 3.83. The van der Waals surface area contributed by atoms with Crippen molar-refractivity contribution in [3.63, 3.8) is 0 Å². The first kappa shape index (κ1) is 19.7. The van der Waals surface area contributed by atoms with E-state index in [4.69, 9.17) is 0 Å². The Kier molecular flexibility index (Phi) is 5.74. The van der Waals surface area contributed by atoms with E-state index in [0.717, 1.165) is 35.4 Å². The lowest BCUT2D eigenvalue weighted by atomic mass is 10.1. The number of sulfonamides is 1. The van der Waals surface area contributed by atoms with E-state index >= 15 is 0 Å². The number of hydrazone groups is 1. The highest BCUT2D eigenvalue weighted by Gasteiger charge is 2.20. The van der Waals surface area contributed by atoms with Gasteiger partial charge in [-0.1, -0.05) is 54.1 Å². The van der Waals surface area contributed by atoms with Gasteiger partial charge in [0, 0.05) is 16.2 Å². The van der Waals surface area contributed by atoms with E-state index in [0.29, 0.717) is 0 Å². The quantitative estimate of drug-likeness (QED) is 0.453. The van der Waals surface area contributed by atoms with Crippen LogP contribution in [0.25, 0.3) is 0 Å². The van der Waals surface area contributed by atoms with Gasteiger partial charge in [-0.25, -0.2) is 0 Å². The van der Waals surface area contributed by atoms with Crippen LogP contribution >= 0.6 is 11.8 Å². The van der Waals surface area contributed by atoms with Gasteiger partial charge in [-0.3, -0.25) is 0 Å². The van der Waals surface area contributed by atoms with Crippen molar-refractivity contribution in [1.29, 1.82) is 0 Å². The molecule has 0 spiro atoms. The van der Waals surface area contributed by atoms with Gasteiger partial charge in [0.25, 0.3) is 10.0 Å². The molecule has 0 atom stereocenters. The molecule has 0 saturated carbocycles. The number of hydrogen-bond donors (Lipinski definition) is 1. The number of hydrogen-bond acceptors (Lipinski definition) is 4. The molecule has 0 saturated heterocycles. The minimum Gasteiger partial charge on any atom is -0.200 e. The lowest BCUT2D eigenvalue weighted by molar-refractivity contribution is 0.584. The molecule has 1 aliphatic carbocycles. The molecule has 4 nitrogen and oxygen atoms in total. The Morgan fingerprint density at radius 2 is 1.72 bits per heavy atom. The molecular weight excluding hydrogens is 400 g/mol. The van der Waals surface area contributed by atoms with E-state index in [2.05, 4.69) is 52.4 Å². The molecule has 3 aromatic rings. The second-order valence-electron chi connectivity index (χ2n) is 7.06. The minimum atomic E-state index is -3.66. The summed E-state index contributed by atoms with van der Waals surface area (Å²) in [5.74, 6) is 0.928. The molecule has 4 rings (SSSR count). The Morgan fingerprint density at radius 3 is 2.48 bits per heavy atom. The van der Waals surface area contributed by atoms with Gasteiger partial charge >= 0.3 is 0 Å². The fraction of sp³-hybridized carbons (Fsp3) is 0.174. The van der Waals surface area contributed by atoms with E-state index in [-0.39, 0.29) is 4.90 Å². The van der Waals surface area contributed by atoms with Crippen LogP contribution in [0, 0.1) is 6.92 Å². The first-order valence-corrected chi connectivity index (χ1v) is 11.9. The largest absolute Gasteiger partial charge is 0.276 e. The first-order valence-electron chi connectivity index (χ1n) is 9.46. The molecule has 3 aromatic carbocycles. The lowest BCUT2D eigenvalue weighted by Crippen LogP contribution is -2.20. The minimum absolute atomic E-state index is 0.221. The van der Waals surface area contributed by atoms with Crippen molar-refractivity contribution in [2.24, 2.45) is 5.10 Å². The third-order valence-corrected chi connectivity index (χ3v) is 7.19. The molecule has 0 aliphatic heterocycles. The van der Waals surface area contributed by atoms with Crippen LogP contribution in [0.1, 0.15) is 28.7 Å². The molecule has 148 valence electrons. The molecule has 6 heteroatoms. The number of aryl methyl sites for hydroxylation is 2. The molecule has 29 heavy (non-hydrogen) atoms. The molecule has 0 unspecified atom stereocenters. The summed E-state index contributed by atoms with van der Waals surface area (Å²) in [6.45, 7) is 1.92. The van der Waals surface area contributed by atoms with Gasteiger partial charge < -0.3 is 0 Å². The van der Waals surface area contributed by atoms with Gasteiger partial charge in [0.1, 0.15) is 0 Å². The smallest absolute Gasteiger partial charge is 0.200 e. The van der Waals surface area contributed by atoms with E-state index in [1.165, 1.54) is 16.0 Å². The van der Waals surface area contributed by atoms with Crippen LogP contribution in [0.15, 0.2) is 87.7 Å². The third kappa shape index (κ3) is 4.71. The molecule has 0 radical (unpaired) electrons. The lowest BCUT2D eigenvalue weighted by Gasteiger charge is -2.07. The maximum atomic E-state index is 12.5. The van der Waals surface area contributed by atoms with Crippen LogP contribution in [0.2, 0.25) is 0 Å². The summed E-state index contributed by atoms with van der Waals surface area (Å²) in [5, 5.41) is 4.23. The molecule has 1 N–H and O–H groups in total. The van der Waals surface area contributed by atoms with Crippen molar-refractivity contribution in [3.05, 3.63) is 95.1 Å². The maximum absolute atomic E-state index is 12.5. The average Bonchev–Trinajstić information content (AvgIpc) is 3.14. The highest BCUT2D eigenvalue weighted by molar-refractivity contribution is 7.98. The van der Waals surface area contributed by atoms with E-state index < -0.39 is 10.0 Å². The van der Waals surface area contributed by atoms with Gasteiger partial charge in [-0.2, -0.15) is 18.4 Å². The van der Waals surface area contributed by atoms with E-state index in [1.807, 2.05) is 13.0 Å². The number of nitrogens with one attached hydrogen (secondary N) is 1. The molecule has 0 bridgehead atoms. The summed E-state index contributed by atoms with van der Waals surface area (Å²) in [6, 6.07) is 23.5. The van der Waals surface area contributed by atoms with Gasteiger partial charge in [-0.05, 0) is 55.2 Å². The van der Waals surface area contributed by atoms with Crippen molar-refractivity contribution in [1.82, 2.24) is 4.83 Å². The predicted octanol–water partition coefficient (Wildman–Crippen LogP) is 4.92. The number of thioether (sulfide) groups is 1. The molecule has 0 fully saturated rings. The van der Waals surface area contributed by atoms with Crippen molar-refractivity contribution in [3.8, 4) is 0 Å². The summed E-state index contributed by atoms with van der Waals surface area (Å²) in [5.41, 5.74) is 5.35. The van der Waals surface area contributed by atoms with Crippen molar-refractivity contribution < 1.29 is 8.42 Å². The van der Waals surface area contributed by atoms with Crippen LogP contribution < -0.4 is 4.83 Å². The number of rotatable bonds is 6. The predicted molar refractivity (Wildman–Crippen MR) is 119 cm³/mol. The van der Waals surface area contributed by atoms with Crippen LogP contribution in [-0.4, -0.2) is 14.1 Å². The standard InChI is InChI=1S/C23H22N2O2S2/c1-17-7-11-21(12-8-17)29(26,27)25-24-23-14-9-19-15-20(10-13-22(19)23)28-16-18-5-3-2-4-6-18/h2-8,10-13,15,25H,9,14,16H2,1H3. The summed E-state index contributed by atoms with van der Waals surface area (Å²) < 4.78 is 24.9. The molecule has 0 amide bonds. The van der Waals surface area contributed by atoms with Crippen molar-refractivity contribution in [2.45, 2.75) is 35.3 Å². The summed E-state index contributed by atoms with van der Waals surface area (Å²) in [6.07, 6.45) is 1.61. The Balaban J connectivity index is 1.46. The highest BCUT2D eigenvalue weighted by Crippen LogP contribution is 2.29. The Labute approximate surface area is 176 Å². The zero-order valence-electron chi connectivity index (χ0n) is 16.1. The highest BCUT2D eigenvalue weighted by atomic mass is 32.2. The van der Waals surface area contributed by atoms with E-state index in [9.17, 15) is 8.42 Å². The Hall–Kier alpha value is -2.57. The first-order chi connectivity index (χ1) is 14.0. The Bertz CT molecular complexity index is 1140. The fourth-order valence-electron chi connectivity index (χ4n) is 3.28. The zero-order valence-corrected chi connectivity index (χ0v) is 17.8. The van der Waals surface area contributed by atoms with Crippen LogP contribution in [0.5, 0.6) is 0 Å². The second kappa shape index (κ2) is 8.43. The third-order valence-electron chi connectivity index (χ3n) is 4.90. The SMILES string of the molecule is Cc1ccc(S(=O)(=O)NN=C2CCc3cc(SCc4ccccc4)ccc32)cc1. The van der Waals surface area contributed by atoms with Crippen molar-refractivity contribution >= 4 is 27.5 Å². The normalized spacial score (nSPS) is 14.7.